The zero-order chi connectivity index (χ0) is 19.2. The highest BCUT2D eigenvalue weighted by atomic mass is 19.1. The monoisotopic (exact) mass is 374 g/mol. The van der Waals surface area contributed by atoms with Crippen molar-refractivity contribution in [2.75, 3.05) is 18.4 Å². The topological polar surface area (TPSA) is 41.1 Å². The van der Waals surface area contributed by atoms with Gasteiger partial charge in [0.15, 0.2) is 0 Å². The largest absolute Gasteiger partial charge is 0.352 e. The second-order valence-electron chi connectivity index (χ2n) is 7.70. The molecule has 3 rings (SSSR count). The van der Waals surface area contributed by atoms with Crippen LogP contribution in [0, 0.1) is 17.6 Å². The van der Waals surface area contributed by atoms with Crippen molar-refractivity contribution in [1.82, 2.24) is 14.9 Å². The number of halogens is 2. The Balaban J connectivity index is 1.52. The second kappa shape index (κ2) is 9.22. The van der Waals surface area contributed by atoms with E-state index in [2.05, 4.69) is 34.0 Å². The van der Waals surface area contributed by atoms with Crippen molar-refractivity contribution in [3.63, 3.8) is 0 Å². The number of hydrogen-bond donors (Lipinski definition) is 1. The van der Waals surface area contributed by atoms with Gasteiger partial charge in [0.05, 0.1) is 0 Å². The first kappa shape index (κ1) is 19.7. The van der Waals surface area contributed by atoms with Gasteiger partial charge in [-0.2, -0.15) is 0 Å². The van der Waals surface area contributed by atoms with E-state index in [1.807, 2.05) is 12.4 Å². The van der Waals surface area contributed by atoms with E-state index in [9.17, 15) is 8.78 Å². The van der Waals surface area contributed by atoms with Crippen LogP contribution in [0.5, 0.6) is 0 Å². The van der Waals surface area contributed by atoms with Crippen molar-refractivity contribution >= 4 is 5.95 Å². The maximum absolute atomic E-state index is 13.8. The van der Waals surface area contributed by atoms with Crippen LogP contribution in [0.4, 0.5) is 14.7 Å². The Morgan fingerprint density at radius 2 is 1.89 bits per heavy atom. The summed E-state index contributed by atoms with van der Waals surface area (Å²) in [6.45, 7) is 6.90. The lowest BCUT2D eigenvalue weighted by Gasteiger charge is -2.32. The van der Waals surface area contributed by atoms with Crippen LogP contribution in [0.3, 0.4) is 0 Å². The molecule has 0 amide bonds. The third-order valence-electron chi connectivity index (χ3n) is 5.00. The molecule has 1 aromatic carbocycles. The molecule has 0 spiro atoms. The SMILES string of the molecule is CC(C)Nc1ncc(CN2CCC[C@@H](CCc3c(F)cccc3F)C2)cn1. The third-order valence-corrected chi connectivity index (χ3v) is 5.00. The lowest BCUT2D eigenvalue weighted by molar-refractivity contribution is 0.161. The highest BCUT2D eigenvalue weighted by Gasteiger charge is 2.21. The predicted octanol–water partition coefficient (Wildman–Crippen LogP) is 4.42. The summed E-state index contributed by atoms with van der Waals surface area (Å²) in [4.78, 5) is 11.1. The number of anilines is 1. The van der Waals surface area contributed by atoms with Gasteiger partial charge >= 0.3 is 0 Å². The van der Waals surface area contributed by atoms with Crippen molar-refractivity contribution in [3.8, 4) is 0 Å². The molecule has 0 unspecified atom stereocenters. The van der Waals surface area contributed by atoms with Crippen LogP contribution in [0.1, 0.15) is 44.2 Å². The summed E-state index contributed by atoms with van der Waals surface area (Å²) >= 11 is 0. The standard InChI is InChI=1S/C21H28F2N4/c1-15(2)26-21-24-11-17(12-25-21)14-27-10-4-5-16(13-27)8-9-18-19(22)6-3-7-20(18)23/h3,6-7,11-12,15-16H,4-5,8-10,13-14H2,1-2H3,(H,24,25,26)/t16-/m0/s1. The minimum atomic E-state index is -0.435. The van der Waals surface area contributed by atoms with Crippen molar-refractivity contribution in [2.24, 2.45) is 5.92 Å². The van der Waals surface area contributed by atoms with Gasteiger partial charge in [0.1, 0.15) is 11.6 Å². The molecule has 1 aromatic heterocycles. The zero-order valence-corrected chi connectivity index (χ0v) is 16.1. The molecular weight excluding hydrogens is 346 g/mol. The first-order valence-electron chi connectivity index (χ1n) is 9.74. The number of hydrogen-bond acceptors (Lipinski definition) is 4. The summed E-state index contributed by atoms with van der Waals surface area (Å²) in [7, 11) is 0. The number of benzene rings is 1. The molecule has 1 saturated heterocycles. The smallest absolute Gasteiger partial charge is 0.222 e. The van der Waals surface area contributed by atoms with Crippen LogP contribution in [-0.2, 0) is 13.0 Å². The highest BCUT2D eigenvalue weighted by molar-refractivity contribution is 5.25. The Bertz CT molecular complexity index is 713. The second-order valence-corrected chi connectivity index (χ2v) is 7.70. The number of nitrogens with one attached hydrogen (secondary N) is 1. The molecule has 0 bridgehead atoms. The van der Waals surface area contributed by atoms with Crippen molar-refractivity contribution < 1.29 is 8.78 Å². The fraction of sp³-hybridized carbons (Fsp3) is 0.524. The van der Waals surface area contributed by atoms with Crippen molar-refractivity contribution in [2.45, 2.75) is 52.1 Å². The summed E-state index contributed by atoms with van der Waals surface area (Å²) in [5.74, 6) is 0.238. The summed E-state index contributed by atoms with van der Waals surface area (Å²) in [6, 6.07) is 4.39. The lowest BCUT2D eigenvalue weighted by atomic mass is 9.91. The minimum absolute atomic E-state index is 0.219. The maximum atomic E-state index is 13.8. The molecule has 2 heterocycles. The van der Waals surface area contributed by atoms with Gasteiger partial charge in [-0.15, -0.1) is 0 Å². The fourth-order valence-corrected chi connectivity index (χ4v) is 3.68. The molecule has 0 saturated carbocycles. The van der Waals surface area contributed by atoms with Crippen LogP contribution < -0.4 is 5.32 Å². The molecule has 1 aliphatic rings. The maximum Gasteiger partial charge on any atom is 0.222 e. The van der Waals surface area contributed by atoms with Gasteiger partial charge in [-0.3, -0.25) is 4.90 Å². The van der Waals surface area contributed by atoms with E-state index in [-0.39, 0.29) is 5.56 Å². The summed E-state index contributed by atoms with van der Waals surface area (Å²) < 4.78 is 27.6. The first-order chi connectivity index (χ1) is 13.0. The highest BCUT2D eigenvalue weighted by Crippen LogP contribution is 2.24. The van der Waals surface area contributed by atoms with Gasteiger partial charge < -0.3 is 5.32 Å². The molecule has 0 radical (unpaired) electrons. The van der Waals surface area contributed by atoms with Gasteiger partial charge in [-0.1, -0.05) is 6.07 Å². The van der Waals surface area contributed by atoms with Gasteiger partial charge in [0.2, 0.25) is 5.95 Å². The molecule has 0 aliphatic carbocycles. The molecule has 146 valence electrons. The summed E-state index contributed by atoms with van der Waals surface area (Å²) in [5, 5.41) is 3.19. The molecule has 1 atom stereocenters. The normalized spacial score (nSPS) is 18.0. The number of aromatic nitrogens is 2. The summed E-state index contributed by atoms with van der Waals surface area (Å²) in [6.07, 6.45) is 7.22. The Hall–Kier alpha value is -2.08. The van der Waals surface area contributed by atoms with E-state index >= 15 is 0 Å². The number of piperidine rings is 1. The molecule has 1 N–H and O–H groups in total. The molecule has 2 aromatic rings. The van der Waals surface area contributed by atoms with E-state index < -0.39 is 11.6 Å². The fourth-order valence-electron chi connectivity index (χ4n) is 3.68. The zero-order valence-electron chi connectivity index (χ0n) is 16.1. The molecule has 27 heavy (non-hydrogen) atoms. The van der Waals surface area contributed by atoms with E-state index in [1.165, 1.54) is 18.2 Å². The van der Waals surface area contributed by atoms with Crippen molar-refractivity contribution in [1.29, 1.82) is 0 Å². The van der Waals surface area contributed by atoms with E-state index in [0.717, 1.165) is 44.5 Å². The number of nitrogens with zero attached hydrogens (tertiary/aromatic N) is 3. The Kier molecular flexibility index (Phi) is 6.72. The molecule has 1 aliphatic heterocycles. The Morgan fingerprint density at radius 1 is 1.19 bits per heavy atom. The third kappa shape index (κ3) is 5.70. The average molecular weight is 374 g/mol. The first-order valence-corrected chi connectivity index (χ1v) is 9.74. The molecule has 1 fully saturated rings. The average Bonchev–Trinajstić information content (AvgIpc) is 2.63. The Morgan fingerprint density at radius 3 is 2.56 bits per heavy atom. The van der Waals surface area contributed by atoms with Crippen LogP contribution in [-0.4, -0.2) is 34.0 Å². The van der Waals surface area contributed by atoms with Crippen LogP contribution in [0.25, 0.3) is 0 Å². The number of likely N-dealkylation sites (tertiary alicyclic amines) is 1. The van der Waals surface area contributed by atoms with E-state index in [0.29, 0.717) is 24.3 Å². The van der Waals surface area contributed by atoms with Gasteiger partial charge in [0.25, 0.3) is 0 Å². The van der Waals surface area contributed by atoms with Crippen LogP contribution in [0.2, 0.25) is 0 Å². The summed E-state index contributed by atoms with van der Waals surface area (Å²) in [5.41, 5.74) is 1.31. The van der Waals surface area contributed by atoms with Crippen molar-refractivity contribution in [3.05, 3.63) is 53.4 Å². The van der Waals surface area contributed by atoms with Gasteiger partial charge in [-0.05, 0) is 64.1 Å². The van der Waals surface area contributed by atoms with Gasteiger partial charge in [0, 0.05) is 42.7 Å². The number of rotatable bonds is 7. The predicted molar refractivity (Wildman–Crippen MR) is 103 cm³/mol. The van der Waals surface area contributed by atoms with E-state index in [4.69, 9.17) is 0 Å². The minimum Gasteiger partial charge on any atom is -0.352 e. The quantitative estimate of drug-likeness (QED) is 0.779. The lowest BCUT2D eigenvalue weighted by Crippen LogP contribution is -2.35. The van der Waals surface area contributed by atoms with E-state index in [1.54, 1.807) is 0 Å². The van der Waals surface area contributed by atoms with Gasteiger partial charge in [-0.25, -0.2) is 18.7 Å². The Labute approximate surface area is 160 Å². The van der Waals surface area contributed by atoms with Crippen LogP contribution in [0.15, 0.2) is 30.6 Å². The molecule has 4 nitrogen and oxygen atoms in total. The molecular formula is C21H28F2N4. The van der Waals surface area contributed by atoms with Crippen LogP contribution >= 0.6 is 0 Å². The molecule has 6 heteroatoms.